The zero-order valence-corrected chi connectivity index (χ0v) is 29.3. The number of benzene rings is 12. The molecule has 0 atom stereocenters. The molecule has 0 radical (unpaired) electrons. The van der Waals surface area contributed by atoms with Crippen molar-refractivity contribution in [3.05, 3.63) is 206 Å². The first-order valence-electron chi connectivity index (χ1n) is 26.6. The fourth-order valence-electron chi connectivity index (χ4n) is 8.04. The summed E-state index contributed by atoms with van der Waals surface area (Å²) < 4.78 is 153. The monoisotopic (exact) mass is 723 g/mol. The zero-order chi connectivity index (χ0) is 51.5. The van der Waals surface area contributed by atoms with Gasteiger partial charge in [-0.3, -0.25) is 0 Å². The highest BCUT2D eigenvalue weighted by Crippen LogP contribution is 2.43. The van der Waals surface area contributed by atoms with Gasteiger partial charge in [0.05, 0.1) is 23.3 Å². The lowest BCUT2D eigenvalue weighted by atomic mass is 9.87. The molecule has 0 aliphatic heterocycles. The Morgan fingerprint density at radius 2 is 0.589 bits per heavy atom. The molecular formula is C56H34. The van der Waals surface area contributed by atoms with Gasteiger partial charge in [0.15, 0.2) is 0 Å². The predicted molar refractivity (Wildman–Crippen MR) is 241 cm³/mol. The van der Waals surface area contributed by atoms with Crippen molar-refractivity contribution < 1.29 is 23.3 Å². The van der Waals surface area contributed by atoms with Crippen LogP contribution in [-0.4, -0.2) is 0 Å². The second kappa shape index (κ2) is 12.1. The van der Waals surface area contributed by atoms with Crippen LogP contribution in [0.1, 0.15) is 23.3 Å². The van der Waals surface area contributed by atoms with E-state index >= 15 is 0 Å². The summed E-state index contributed by atoms with van der Waals surface area (Å²) in [5.41, 5.74) is 5.23. The van der Waals surface area contributed by atoms with E-state index in [1.165, 1.54) is 0 Å². The minimum absolute atomic E-state index is 0.0198. The van der Waals surface area contributed by atoms with E-state index in [0.29, 0.717) is 16.7 Å². The molecule has 0 aromatic heterocycles. The van der Waals surface area contributed by atoms with E-state index < -0.39 is 36.3 Å². The van der Waals surface area contributed by atoms with Crippen LogP contribution in [0.2, 0.25) is 0 Å². The summed E-state index contributed by atoms with van der Waals surface area (Å²) in [7, 11) is 0. The van der Waals surface area contributed by atoms with Crippen molar-refractivity contribution in [2.24, 2.45) is 0 Å². The van der Waals surface area contributed by atoms with Gasteiger partial charge < -0.3 is 0 Å². The normalized spacial score (nSPS) is 16.2. The summed E-state index contributed by atoms with van der Waals surface area (Å²) in [5, 5.41) is 0.750. The van der Waals surface area contributed by atoms with E-state index in [4.69, 9.17) is 12.3 Å². The zero-order valence-electron chi connectivity index (χ0n) is 46.3. The smallest absolute Gasteiger partial charge is 0.0622 e. The molecule has 12 aromatic carbocycles. The average Bonchev–Trinajstić information content (AvgIpc) is 3.40. The molecule has 56 heavy (non-hydrogen) atoms. The molecular weight excluding hydrogens is 673 g/mol. The van der Waals surface area contributed by atoms with Crippen LogP contribution in [0.4, 0.5) is 0 Å². The van der Waals surface area contributed by atoms with Crippen LogP contribution >= 0.6 is 0 Å². The summed E-state index contributed by atoms with van der Waals surface area (Å²) in [6, 6.07) is 24.6. The van der Waals surface area contributed by atoms with Crippen LogP contribution in [0.3, 0.4) is 0 Å². The second-order valence-electron chi connectivity index (χ2n) is 13.9. The first kappa shape index (κ1) is 18.8. The molecule has 0 amide bonds. The maximum absolute atomic E-state index is 9.35. The van der Waals surface area contributed by atoms with Gasteiger partial charge in [-0.15, -0.1) is 0 Å². The van der Waals surface area contributed by atoms with Gasteiger partial charge in [-0.2, -0.15) is 0 Å². The van der Waals surface area contributed by atoms with Crippen LogP contribution in [0, 0.1) is 0 Å². The quantitative estimate of drug-likeness (QED) is 0.155. The highest BCUT2D eigenvalue weighted by molar-refractivity contribution is 6.28. The Balaban J connectivity index is 0.966. The van der Waals surface area contributed by atoms with E-state index in [9.17, 15) is 11.0 Å². The second-order valence-corrected chi connectivity index (χ2v) is 13.9. The first-order valence-corrected chi connectivity index (χ1v) is 18.1. The van der Waals surface area contributed by atoms with E-state index in [1.807, 2.05) is 48.5 Å². The molecule has 0 heterocycles. The maximum atomic E-state index is 9.35. The number of hydrogen-bond acceptors (Lipinski definition) is 0. The molecule has 0 bridgehead atoms. The van der Waals surface area contributed by atoms with Crippen molar-refractivity contribution in [3.63, 3.8) is 0 Å². The highest BCUT2D eigenvalue weighted by atomic mass is 14.2. The molecule has 0 saturated carbocycles. The Bertz CT molecular complexity index is 4390. The molecule has 0 aliphatic rings. The van der Waals surface area contributed by atoms with Gasteiger partial charge in [0, 0.05) is 0 Å². The third kappa shape index (κ3) is 4.73. The SMILES string of the molecule is [2H]c1c([2H])c2c([2H])c([2H])c3c([2H])c([2H])c(-c4ccc(-c5cccc(-c6ccc(-c7c([2H])c([2H])c8c([2H])c([2H])c9c(-c%10ccccc%10)c([2H])c([2H])c%10c([2H])c([2H])c7c8c%109)cc6)c5)cc4)c4c([2H])c([2H])c(c1[2H])c2c34. The Hall–Kier alpha value is -7.28. The van der Waals surface area contributed by atoms with Crippen LogP contribution in [0.5, 0.6) is 0 Å². The average molecular weight is 724 g/mol. The van der Waals surface area contributed by atoms with Gasteiger partial charge in [-0.05, 0) is 126 Å². The summed E-state index contributed by atoms with van der Waals surface area (Å²) in [4.78, 5) is 0. The predicted octanol–water partition coefficient (Wildman–Crippen LogP) is 15.8. The van der Waals surface area contributed by atoms with Gasteiger partial charge in [0.1, 0.15) is 0 Å². The lowest BCUT2D eigenvalue weighted by Crippen LogP contribution is -1.89. The minimum Gasteiger partial charge on any atom is -0.0622 e. The van der Waals surface area contributed by atoms with Crippen LogP contribution in [0.25, 0.3) is 120 Å². The molecule has 0 nitrogen and oxygen atoms in total. The third-order valence-electron chi connectivity index (χ3n) is 10.8. The third-order valence-corrected chi connectivity index (χ3v) is 10.8. The summed E-state index contributed by atoms with van der Waals surface area (Å²) in [6.07, 6.45) is 0. The minimum atomic E-state index is -0.531. The summed E-state index contributed by atoms with van der Waals surface area (Å²) >= 11 is 0. The maximum Gasteiger partial charge on any atom is 0.0630 e. The molecule has 0 fully saturated rings. The topological polar surface area (TPSA) is 0 Å². The van der Waals surface area contributed by atoms with Crippen LogP contribution in [-0.2, 0) is 0 Å². The van der Waals surface area contributed by atoms with Gasteiger partial charge in [-0.1, -0.05) is 200 Å². The molecule has 12 rings (SSSR count). The lowest BCUT2D eigenvalue weighted by molar-refractivity contribution is 1.58. The Morgan fingerprint density at radius 3 is 1.05 bits per heavy atom. The molecule has 12 aromatic rings. The number of rotatable bonds is 5. The Labute approximate surface area is 349 Å². The van der Waals surface area contributed by atoms with E-state index in [1.54, 1.807) is 54.6 Å². The highest BCUT2D eigenvalue weighted by Gasteiger charge is 2.16. The van der Waals surface area contributed by atoms with Gasteiger partial charge in [0.2, 0.25) is 0 Å². The molecule has 0 saturated heterocycles. The van der Waals surface area contributed by atoms with E-state index in [-0.39, 0.29) is 148 Å². The standard InChI is InChI=1S/C56H34/c1-2-6-37(7-3-1)47-28-23-43-27-33-52-49(30-24-44-26-32-51(47)55(43)56(44)52)39-18-14-36(15-19-39)46-11-5-10-45(34-46)35-12-16-38(17-13-35)48-29-22-42-21-20-40-8-4-9-41-25-31-50(48)54(42)53(40)41/h1-34H/i4D,8D,9D,20D,21D,22D,23D,24D,25D,26D,27D,28D,29D,30D,31D,32D,33D. The number of hydrogen-bond donors (Lipinski definition) is 0. The Morgan fingerprint density at radius 1 is 0.250 bits per heavy atom. The molecule has 0 spiro atoms. The van der Waals surface area contributed by atoms with Crippen molar-refractivity contribution in [3.8, 4) is 55.6 Å². The largest absolute Gasteiger partial charge is 0.0630 e. The van der Waals surface area contributed by atoms with E-state index in [2.05, 4.69) is 0 Å². The van der Waals surface area contributed by atoms with Gasteiger partial charge in [0.25, 0.3) is 0 Å². The first-order chi connectivity index (χ1) is 34.9. The summed E-state index contributed by atoms with van der Waals surface area (Å²) in [6.45, 7) is 0. The molecule has 0 N–H and O–H groups in total. The van der Waals surface area contributed by atoms with Crippen molar-refractivity contribution in [2.75, 3.05) is 0 Å². The van der Waals surface area contributed by atoms with E-state index in [0.717, 1.165) is 22.3 Å². The van der Waals surface area contributed by atoms with Crippen molar-refractivity contribution in [2.45, 2.75) is 0 Å². The fraction of sp³-hybridized carbons (Fsp3) is 0. The molecule has 0 aliphatic carbocycles. The fourth-order valence-corrected chi connectivity index (χ4v) is 8.04. The van der Waals surface area contributed by atoms with Crippen LogP contribution in [0.15, 0.2) is 206 Å². The summed E-state index contributed by atoms with van der Waals surface area (Å²) in [5.74, 6) is 0. The van der Waals surface area contributed by atoms with Gasteiger partial charge in [-0.25, -0.2) is 0 Å². The molecule has 258 valence electrons. The Kier molecular flexibility index (Phi) is 4.08. The lowest BCUT2D eigenvalue weighted by Gasteiger charge is -2.16. The van der Waals surface area contributed by atoms with Crippen molar-refractivity contribution >= 4 is 64.6 Å². The molecule has 0 heteroatoms. The van der Waals surface area contributed by atoms with Crippen molar-refractivity contribution in [1.82, 2.24) is 0 Å². The van der Waals surface area contributed by atoms with Gasteiger partial charge >= 0.3 is 0 Å². The van der Waals surface area contributed by atoms with Crippen molar-refractivity contribution in [1.29, 1.82) is 0 Å². The molecule has 0 unspecified atom stereocenters. The van der Waals surface area contributed by atoms with Crippen LogP contribution < -0.4 is 0 Å².